The van der Waals surface area contributed by atoms with Gasteiger partial charge in [0.05, 0.1) is 19.3 Å². The first-order valence-electron chi connectivity index (χ1n) is 6.85. The Morgan fingerprint density at radius 1 is 1.53 bits per heavy atom. The van der Waals surface area contributed by atoms with Crippen LogP contribution in [0.25, 0.3) is 0 Å². The lowest BCUT2D eigenvalue weighted by atomic mass is 10.1. The standard InChI is InChI=1S/C15H23NO3/c1-12-10-16(7-4-8-19-12)11-15(17)13-5-3-6-14(9-13)18-2/h3,5-6,9,12,15,17H,4,7-8,10-11H2,1-2H3. The van der Waals surface area contributed by atoms with Crippen molar-refractivity contribution < 1.29 is 14.6 Å². The van der Waals surface area contributed by atoms with Crippen LogP contribution in [0.2, 0.25) is 0 Å². The van der Waals surface area contributed by atoms with Crippen LogP contribution in [0.1, 0.15) is 25.0 Å². The van der Waals surface area contributed by atoms with Gasteiger partial charge >= 0.3 is 0 Å². The third kappa shape index (κ3) is 4.20. The quantitative estimate of drug-likeness (QED) is 0.902. The zero-order valence-corrected chi connectivity index (χ0v) is 11.7. The average molecular weight is 265 g/mol. The fourth-order valence-electron chi connectivity index (χ4n) is 2.44. The van der Waals surface area contributed by atoms with Gasteiger partial charge in [-0.15, -0.1) is 0 Å². The van der Waals surface area contributed by atoms with Crippen LogP contribution in [0.3, 0.4) is 0 Å². The number of nitrogens with zero attached hydrogens (tertiary/aromatic N) is 1. The van der Waals surface area contributed by atoms with Crippen molar-refractivity contribution in [3.63, 3.8) is 0 Å². The molecule has 1 fully saturated rings. The van der Waals surface area contributed by atoms with E-state index in [0.29, 0.717) is 6.54 Å². The van der Waals surface area contributed by atoms with Crippen molar-refractivity contribution in [3.05, 3.63) is 29.8 Å². The molecular formula is C15H23NO3. The van der Waals surface area contributed by atoms with Gasteiger partial charge in [0.2, 0.25) is 0 Å². The predicted molar refractivity (Wildman–Crippen MR) is 74.4 cm³/mol. The molecule has 0 bridgehead atoms. The van der Waals surface area contributed by atoms with E-state index in [1.165, 1.54) is 0 Å². The number of ether oxygens (including phenoxy) is 2. The molecule has 4 heteroatoms. The van der Waals surface area contributed by atoms with Crippen LogP contribution >= 0.6 is 0 Å². The molecular weight excluding hydrogens is 242 g/mol. The van der Waals surface area contributed by atoms with Crippen LogP contribution in [-0.2, 0) is 4.74 Å². The SMILES string of the molecule is COc1cccc(C(O)CN2CCCOC(C)C2)c1. The maximum Gasteiger partial charge on any atom is 0.119 e. The van der Waals surface area contributed by atoms with Gasteiger partial charge in [0, 0.05) is 26.2 Å². The molecule has 19 heavy (non-hydrogen) atoms. The minimum absolute atomic E-state index is 0.236. The van der Waals surface area contributed by atoms with Crippen LogP contribution in [-0.4, -0.2) is 49.5 Å². The Bertz CT molecular complexity index is 397. The molecule has 1 N–H and O–H groups in total. The topological polar surface area (TPSA) is 41.9 Å². The second-order valence-electron chi connectivity index (χ2n) is 5.09. The molecule has 2 rings (SSSR count). The van der Waals surface area contributed by atoms with Crippen molar-refractivity contribution in [3.8, 4) is 5.75 Å². The van der Waals surface area contributed by atoms with Crippen LogP contribution in [0.15, 0.2) is 24.3 Å². The second-order valence-corrected chi connectivity index (χ2v) is 5.09. The highest BCUT2D eigenvalue weighted by Crippen LogP contribution is 2.20. The highest BCUT2D eigenvalue weighted by molar-refractivity contribution is 5.29. The summed E-state index contributed by atoms with van der Waals surface area (Å²) in [7, 11) is 1.64. The van der Waals surface area contributed by atoms with Gasteiger partial charge in [-0.25, -0.2) is 0 Å². The molecule has 0 radical (unpaired) electrons. The molecule has 2 unspecified atom stereocenters. The Hall–Kier alpha value is -1.10. The predicted octanol–water partition coefficient (Wildman–Crippen LogP) is 1.84. The molecule has 1 saturated heterocycles. The maximum absolute atomic E-state index is 10.3. The van der Waals surface area contributed by atoms with E-state index in [9.17, 15) is 5.11 Å². The smallest absolute Gasteiger partial charge is 0.119 e. The summed E-state index contributed by atoms with van der Waals surface area (Å²) >= 11 is 0. The Balaban J connectivity index is 1.97. The lowest BCUT2D eigenvalue weighted by molar-refractivity contribution is 0.0562. The van der Waals surface area contributed by atoms with Crippen molar-refractivity contribution >= 4 is 0 Å². The van der Waals surface area contributed by atoms with Gasteiger partial charge in [-0.05, 0) is 31.0 Å². The molecule has 1 heterocycles. The first-order chi connectivity index (χ1) is 9.19. The average Bonchev–Trinajstić information content (AvgIpc) is 2.63. The van der Waals surface area contributed by atoms with E-state index in [4.69, 9.17) is 9.47 Å². The molecule has 2 atom stereocenters. The van der Waals surface area contributed by atoms with Gasteiger partial charge in [-0.1, -0.05) is 12.1 Å². The summed E-state index contributed by atoms with van der Waals surface area (Å²) < 4.78 is 10.8. The molecule has 0 aromatic heterocycles. The van der Waals surface area contributed by atoms with E-state index in [-0.39, 0.29) is 6.10 Å². The Morgan fingerprint density at radius 2 is 2.37 bits per heavy atom. The molecule has 1 aromatic rings. The summed E-state index contributed by atoms with van der Waals surface area (Å²) in [6, 6.07) is 7.62. The molecule has 0 saturated carbocycles. The number of β-amino-alcohol motifs (C(OH)–C–C–N with tert-alkyl or cyclic N) is 1. The number of methoxy groups -OCH3 is 1. The van der Waals surface area contributed by atoms with Gasteiger partial charge in [-0.3, -0.25) is 4.90 Å². The van der Waals surface area contributed by atoms with Gasteiger partial charge in [0.15, 0.2) is 0 Å². The fraction of sp³-hybridized carbons (Fsp3) is 0.600. The molecule has 106 valence electrons. The Kier molecular flexibility index (Phi) is 5.19. The van der Waals surface area contributed by atoms with Crippen LogP contribution in [0.5, 0.6) is 5.75 Å². The summed E-state index contributed by atoms with van der Waals surface area (Å²) in [6.07, 6.45) is 0.773. The Morgan fingerprint density at radius 3 is 3.16 bits per heavy atom. The van der Waals surface area contributed by atoms with E-state index in [0.717, 1.165) is 37.4 Å². The van der Waals surface area contributed by atoms with E-state index < -0.39 is 6.10 Å². The number of rotatable bonds is 4. The van der Waals surface area contributed by atoms with E-state index in [1.54, 1.807) is 7.11 Å². The molecule has 0 amide bonds. The fourth-order valence-corrected chi connectivity index (χ4v) is 2.44. The molecule has 4 nitrogen and oxygen atoms in total. The number of aliphatic hydroxyl groups is 1. The summed E-state index contributed by atoms with van der Waals surface area (Å²) in [4.78, 5) is 2.27. The minimum atomic E-state index is -0.486. The first kappa shape index (κ1) is 14.3. The van der Waals surface area contributed by atoms with E-state index in [2.05, 4.69) is 11.8 Å². The summed E-state index contributed by atoms with van der Waals surface area (Å²) in [5.74, 6) is 0.782. The minimum Gasteiger partial charge on any atom is -0.497 e. The lowest BCUT2D eigenvalue weighted by Gasteiger charge is -2.24. The largest absolute Gasteiger partial charge is 0.497 e. The number of hydrogen-bond donors (Lipinski definition) is 1. The lowest BCUT2D eigenvalue weighted by Crippen LogP contribution is -2.33. The van der Waals surface area contributed by atoms with Crippen LogP contribution < -0.4 is 4.74 Å². The summed E-state index contributed by atoms with van der Waals surface area (Å²) in [5.41, 5.74) is 0.900. The molecule has 0 spiro atoms. The first-order valence-corrected chi connectivity index (χ1v) is 6.85. The maximum atomic E-state index is 10.3. The summed E-state index contributed by atoms with van der Waals surface area (Å²) in [6.45, 7) is 5.39. The van der Waals surface area contributed by atoms with E-state index >= 15 is 0 Å². The van der Waals surface area contributed by atoms with Gasteiger partial charge in [-0.2, -0.15) is 0 Å². The highest BCUT2D eigenvalue weighted by atomic mass is 16.5. The molecule has 0 aliphatic carbocycles. The van der Waals surface area contributed by atoms with Gasteiger partial charge in [0.1, 0.15) is 5.75 Å². The second kappa shape index (κ2) is 6.89. The normalized spacial score (nSPS) is 22.8. The molecule has 1 aromatic carbocycles. The third-order valence-electron chi connectivity index (χ3n) is 3.45. The van der Waals surface area contributed by atoms with Crippen LogP contribution in [0.4, 0.5) is 0 Å². The third-order valence-corrected chi connectivity index (χ3v) is 3.45. The monoisotopic (exact) mass is 265 g/mol. The van der Waals surface area contributed by atoms with Crippen molar-refractivity contribution in [2.45, 2.75) is 25.6 Å². The number of hydrogen-bond acceptors (Lipinski definition) is 4. The zero-order valence-electron chi connectivity index (χ0n) is 11.7. The number of benzene rings is 1. The van der Waals surface area contributed by atoms with Crippen molar-refractivity contribution in [2.24, 2.45) is 0 Å². The highest BCUT2D eigenvalue weighted by Gasteiger charge is 2.18. The zero-order chi connectivity index (χ0) is 13.7. The molecule has 1 aliphatic heterocycles. The Labute approximate surface area is 114 Å². The van der Waals surface area contributed by atoms with Crippen LogP contribution in [0, 0.1) is 0 Å². The van der Waals surface area contributed by atoms with Crippen molar-refractivity contribution in [2.75, 3.05) is 33.4 Å². The van der Waals surface area contributed by atoms with Gasteiger partial charge < -0.3 is 14.6 Å². The van der Waals surface area contributed by atoms with Gasteiger partial charge in [0.25, 0.3) is 0 Å². The van der Waals surface area contributed by atoms with E-state index in [1.807, 2.05) is 24.3 Å². The van der Waals surface area contributed by atoms with Crippen molar-refractivity contribution in [1.82, 2.24) is 4.90 Å². The summed E-state index contributed by atoms with van der Waals surface area (Å²) in [5, 5.41) is 10.3. The number of aliphatic hydroxyl groups excluding tert-OH is 1. The van der Waals surface area contributed by atoms with Crippen molar-refractivity contribution in [1.29, 1.82) is 0 Å². The molecule has 1 aliphatic rings.